The fraction of sp³-hybridized carbons (Fsp3) is 0.474. The lowest BCUT2D eigenvalue weighted by Crippen LogP contribution is -2.63. The molecule has 4 heteroatoms. The Morgan fingerprint density at radius 3 is 1.55 bits per heavy atom. The minimum Gasteiger partial charge on any atom is -0.339 e. The van der Waals surface area contributed by atoms with Gasteiger partial charge >= 0.3 is 0 Å². The number of rotatable bonds is 0. The molecule has 2 aromatic rings. The zero-order valence-electron chi connectivity index (χ0n) is 24.8. The number of benzene rings is 2. The lowest BCUT2D eigenvalue weighted by atomic mass is 9.56. The Morgan fingerprint density at radius 1 is 0.643 bits per heavy atom. The van der Waals surface area contributed by atoms with Crippen LogP contribution in [0.5, 0.6) is 0 Å². The number of nitrogens with zero attached hydrogens (tertiary/aromatic N) is 4. The highest BCUT2D eigenvalue weighted by molar-refractivity contribution is 5.77. The molecule has 0 aromatic heterocycles. The van der Waals surface area contributed by atoms with E-state index in [1.54, 1.807) is 33.4 Å². The van der Waals surface area contributed by atoms with Crippen LogP contribution in [-0.2, 0) is 10.8 Å². The van der Waals surface area contributed by atoms with Gasteiger partial charge in [-0.2, -0.15) is 0 Å². The van der Waals surface area contributed by atoms with Gasteiger partial charge in [-0.05, 0) is 87.0 Å². The van der Waals surface area contributed by atoms with Crippen LogP contribution in [0.2, 0.25) is 0 Å². The molecule has 2 aliphatic carbocycles. The third kappa shape index (κ3) is 2.33. The molecule has 6 fully saturated rings. The van der Waals surface area contributed by atoms with Gasteiger partial charge in [-0.15, -0.1) is 0 Å². The summed E-state index contributed by atoms with van der Waals surface area (Å²) in [6, 6.07) is 21.2. The third-order valence-electron chi connectivity index (χ3n) is 13.9. The highest BCUT2D eigenvalue weighted by Gasteiger charge is 2.69. The Morgan fingerprint density at radius 2 is 1.10 bits per heavy atom. The first kappa shape index (κ1) is 23.4. The molecule has 4 saturated heterocycles. The maximum absolute atomic E-state index is 2.86. The summed E-state index contributed by atoms with van der Waals surface area (Å²) in [5.41, 5.74) is 13.3. The van der Waals surface area contributed by atoms with Crippen molar-refractivity contribution in [1.29, 1.82) is 0 Å². The predicted octanol–water partition coefficient (Wildman–Crippen LogP) is 6.13. The fourth-order valence-corrected chi connectivity index (χ4v) is 12.5. The number of fused-ring (bicyclic) bond motifs is 8. The molecule has 42 heavy (non-hydrogen) atoms. The van der Waals surface area contributed by atoms with E-state index in [1.807, 2.05) is 0 Å². The zero-order chi connectivity index (χ0) is 27.5. The molecular formula is C38H40N4. The number of para-hydroxylation sites is 2. The van der Waals surface area contributed by atoms with Gasteiger partial charge in [-0.3, -0.25) is 9.80 Å². The molecule has 2 aromatic carbocycles. The molecule has 8 atom stereocenters. The lowest BCUT2D eigenvalue weighted by molar-refractivity contribution is 0.122. The first-order valence-electron chi connectivity index (χ1n) is 16.7. The normalized spacial score (nSPS) is 43.5. The van der Waals surface area contributed by atoms with Crippen molar-refractivity contribution >= 4 is 11.4 Å². The van der Waals surface area contributed by atoms with Crippen molar-refractivity contribution in [2.75, 3.05) is 36.0 Å². The average molecular weight is 553 g/mol. The summed E-state index contributed by atoms with van der Waals surface area (Å²) >= 11 is 0. The van der Waals surface area contributed by atoms with E-state index in [9.17, 15) is 0 Å². The summed E-state index contributed by atoms with van der Waals surface area (Å²) in [6.45, 7) is 9.33. The number of allylic oxidation sites excluding steroid dienone is 2. The monoisotopic (exact) mass is 552 g/mol. The van der Waals surface area contributed by atoms with E-state index >= 15 is 0 Å². The van der Waals surface area contributed by atoms with E-state index in [4.69, 9.17) is 0 Å². The van der Waals surface area contributed by atoms with Crippen molar-refractivity contribution in [3.8, 4) is 0 Å². The SMILES string of the molecule is CC=C1CN2CC[C@]34c5ccccc5N5C=C6[C@@H]7C[C@H]8N(CC[C@]89c8ccccc8N(C=C([C@@H]1C[C@@H]23)[C@@H]54)[C@H]69)CC7=CC. The highest BCUT2D eigenvalue weighted by Crippen LogP contribution is 2.67. The van der Waals surface area contributed by atoms with Gasteiger partial charge in [0.1, 0.15) is 0 Å². The van der Waals surface area contributed by atoms with Crippen molar-refractivity contribution in [1.82, 2.24) is 9.80 Å². The first-order valence-corrected chi connectivity index (χ1v) is 16.7. The van der Waals surface area contributed by atoms with Gasteiger partial charge < -0.3 is 9.80 Å². The van der Waals surface area contributed by atoms with Crippen LogP contribution in [0.25, 0.3) is 0 Å². The average Bonchev–Trinajstić information content (AvgIpc) is 3.75. The minimum absolute atomic E-state index is 0.177. The molecule has 7 heterocycles. The predicted molar refractivity (Wildman–Crippen MR) is 169 cm³/mol. The van der Waals surface area contributed by atoms with Gasteiger partial charge in [-0.25, -0.2) is 0 Å². The van der Waals surface area contributed by atoms with Gasteiger partial charge in [0.2, 0.25) is 0 Å². The highest BCUT2D eigenvalue weighted by atomic mass is 15.3. The molecule has 4 nitrogen and oxygen atoms in total. The van der Waals surface area contributed by atoms with Crippen LogP contribution in [0.1, 0.15) is 50.7 Å². The first-order chi connectivity index (χ1) is 20.7. The molecule has 9 aliphatic rings. The number of piperidine rings is 2. The molecular weight excluding hydrogens is 512 g/mol. The van der Waals surface area contributed by atoms with E-state index in [0.29, 0.717) is 36.0 Å². The molecule has 2 spiro atoms. The summed E-state index contributed by atoms with van der Waals surface area (Å²) in [4.78, 5) is 11.4. The van der Waals surface area contributed by atoms with Crippen LogP contribution in [0.3, 0.4) is 0 Å². The van der Waals surface area contributed by atoms with Gasteiger partial charge in [-0.1, -0.05) is 59.7 Å². The summed E-state index contributed by atoms with van der Waals surface area (Å²) < 4.78 is 0. The number of hydrogen-bond donors (Lipinski definition) is 0. The van der Waals surface area contributed by atoms with Crippen LogP contribution >= 0.6 is 0 Å². The van der Waals surface area contributed by atoms with E-state index in [0.717, 1.165) is 13.1 Å². The van der Waals surface area contributed by atoms with Gasteiger partial charge in [0.15, 0.2) is 0 Å². The second kappa shape index (κ2) is 7.52. The second-order valence-electron chi connectivity index (χ2n) is 14.8. The molecule has 0 radical (unpaired) electrons. The lowest BCUT2D eigenvalue weighted by Gasteiger charge is -2.57. The standard InChI is InChI=1S/C38H40N4/c1-3-23-19-39-15-13-37-29-9-5-8-12-32(29)42-22-28-26-18-34-38(14-16-40(34)20-24(26)4-2)30-10-6-7-11-31(30)41(36(28)38)21-27(35(37)42)25(23)17-33(37)39/h3-12,21-22,25-26,33-36H,13-20H2,1-2H3/t25-,26-,33-,34-,35-,36-,37+,38+/m1/s1. The van der Waals surface area contributed by atoms with Crippen LogP contribution in [0, 0.1) is 11.8 Å². The van der Waals surface area contributed by atoms with Gasteiger partial charge in [0.25, 0.3) is 0 Å². The van der Waals surface area contributed by atoms with Crippen molar-refractivity contribution in [2.45, 2.75) is 74.5 Å². The quantitative estimate of drug-likeness (QED) is 0.365. The number of hydrogen-bond acceptors (Lipinski definition) is 4. The van der Waals surface area contributed by atoms with Crippen LogP contribution in [0.4, 0.5) is 11.4 Å². The van der Waals surface area contributed by atoms with Crippen molar-refractivity contribution in [3.63, 3.8) is 0 Å². The Hall–Kier alpha value is -3.08. The summed E-state index contributed by atoms with van der Waals surface area (Å²) in [5.74, 6) is 1.08. The third-order valence-corrected chi connectivity index (χ3v) is 13.9. The van der Waals surface area contributed by atoms with Gasteiger partial charge in [0, 0.05) is 71.6 Å². The number of anilines is 2. The van der Waals surface area contributed by atoms with E-state index in [-0.39, 0.29) is 10.8 Å². The van der Waals surface area contributed by atoms with Crippen LogP contribution in [-0.4, -0.2) is 60.1 Å². The van der Waals surface area contributed by atoms with E-state index < -0.39 is 0 Å². The van der Waals surface area contributed by atoms with Crippen LogP contribution in [0.15, 0.2) is 95.4 Å². The van der Waals surface area contributed by atoms with Crippen molar-refractivity contribution in [2.24, 2.45) is 11.8 Å². The molecule has 0 unspecified atom stereocenters. The van der Waals surface area contributed by atoms with Crippen molar-refractivity contribution in [3.05, 3.63) is 107 Å². The maximum atomic E-state index is 2.86. The fourth-order valence-electron chi connectivity index (χ4n) is 12.5. The smallest absolute Gasteiger partial charge is 0.0681 e. The largest absolute Gasteiger partial charge is 0.339 e. The maximum Gasteiger partial charge on any atom is 0.0681 e. The Labute approximate surface area is 249 Å². The molecule has 7 aliphatic heterocycles. The van der Waals surface area contributed by atoms with E-state index in [1.165, 1.54) is 50.1 Å². The Balaban J connectivity index is 1.25. The molecule has 212 valence electrons. The summed E-state index contributed by atoms with van der Waals surface area (Å²) in [7, 11) is 0. The Kier molecular flexibility index (Phi) is 4.19. The molecule has 0 amide bonds. The zero-order valence-corrected chi connectivity index (χ0v) is 24.8. The molecule has 11 rings (SSSR count). The summed E-state index contributed by atoms with van der Waals surface area (Å²) in [5, 5.41) is 0. The van der Waals surface area contributed by atoms with E-state index in [2.05, 4.69) is 107 Å². The van der Waals surface area contributed by atoms with Crippen LogP contribution < -0.4 is 9.80 Å². The molecule has 2 saturated carbocycles. The second-order valence-corrected chi connectivity index (χ2v) is 14.8. The van der Waals surface area contributed by atoms with Crippen molar-refractivity contribution < 1.29 is 0 Å². The van der Waals surface area contributed by atoms with Gasteiger partial charge in [0.05, 0.1) is 12.1 Å². The molecule has 0 N–H and O–H groups in total. The molecule has 4 bridgehead atoms. The summed E-state index contributed by atoms with van der Waals surface area (Å²) in [6.07, 6.45) is 15.5. The Bertz CT molecular complexity index is 1590. The topological polar surface area (TPSA) is 13.0 Å². The minimum atomic E-state index is 0.177.